The summed E-state index contributed by atoms with van der Waals surface area (Å²) >= 11 is 0. The molecule has 2 saturated carbocycles. The fourth-order valence-electron chi connectivity index (χ4n) is 4.84. The number of likely N-dealkylation sites (tertiary alicyclic amines) is 1. The van der Waals surface area contributed by atoms with Crippen LogP contribution in [0.2, 0.25) is 0 Å². The maximum absolute atomic E-state index is 5.85. The summed E-state index contributed by atoms with van der Waals surface area (Å²) < 4.78 is 0. The standard InChI is InChI=1S/C19H28N2/c20-17-9-7-16(8-10-17)19(11-12-19)14-21-13-3-6-18(21)15-4-1-2-5-15/h7-10,15,18H,1-6,11-14,20H2. The Kier molecular flexibility index (Phi) is 3.45. The quantitative estimate of drug-likeness (QED) is 0.848. The van der Waals surface area contributed by atoms with Gasteiger partial charge in [-0.15, -0.1) is 0 Å². The van der Waals surface area contributed by atoms with Crippen molar-refractivity contribution in [1.82, 2.24) is 4.90 Å². The van der Waals surface area contributed by atoms with Gasteiger partial charge in [0.25, 0.3) is 0 Å². The minimum Gasteiger partial charge on any atom is -0.399 e. The summed E-state index contributed by atoms with van der Waals surface area (Å²) in [4.78, 5) is 2.85. The fraction of sp³-hybridized carbons (Fsp3) is 0.684. The zero-order chi connectivity index (χ0) is 14.3. The Morgan fingerprint density at radius 1 is 1.00 bits per heavy atom. The minimum atomic E-state index is 0.453. The van der Waals surface area contributed by atoms with E-state index in [1.807, 2.05) is 0 Å². The van der Waals surface area contributed by atoms with Crippen molar-refractivity contribution in [3.8, 4) is 0 Å². The molecule has 0 spiro atoms. The van der Waals surface area contributed by atoms with Crippen molar-refractivity contribution in [3.63, 3.8) is 0 Å². The Bertz CT molecular complexity index is 483. The Morgan fingerprint density at radius 3 is 2.38 bits per heavy atom. The van der Waals surface area contributed by atoms with E-state index in [9.17, 15) is 0 Å². The lowest BCUT2D eigenvalue weighted by Gasteiger charge is -2.33. The number of rotatable bonds is 4. The van der Waals surface area contributed by atoms with Crippen LogP contribution in [0.5, 0.6) is 0 Å². The van der Waals surface area contributed by atoms with Crippen molar-refractivity contribution < 1.29 is 0 Å². The molecule has 1 unspecified atom stereocenters. The van der Waals surface area contributed by atoms with Gasteiger partial charge in [-0.1, -0.05) is 25.0 Å². The van der Waals surface area contributed by atoms with E-state index in [0.29, 0.717) is 5.41 Å². The average molecular weight is 284 g/mol. The molecule has 114 valence electrons. The van der Waals surface area contributed by atoms with Gasteiger partial charge in [-0.05, 0) is 68.7 Å². The van der Waals surface area contributed by atoms with Gasteiger partial charge in [-0.25, -0.2) is 0 Å². The lowest BCUT2D eigenvalue weighted by Crippen LogP contribution is -2.39. The van der Waals surface area contributed by atoms with Crippen molar-refractivity contribution in [2.75, 3.05) is 18.8 Å². The van der Waals surface area contributed by atoms with E-state index in [1.165, 1.54) is 70.0 Å². The second-order valence-electron chi connectivity index (χ2n) is 7.63. The van der Waals surface area contributed by atoms with Gasteiger partial charge in [0, 0.05) is 23.7 Å². The zero-order valence-electron chi connectivity index (χ0n) is 13.1. The Hall–Kier alpha value is -1.02. The Morgan fingerprint density at radius 2 is 1.71 bits per heavy atom. The van der Waals surface area contributed by atoms with Gasteiger partial charge in [0.15, 0.2) is 0 Å². The van der Waals surface area contributed by atoms with Crippen LogP contribution < -0.4 is 5.73 Å². The first kappa shape index (κ1) is 13.6. The molecule has 0 aromatic heterocycles. The lowest BCUT2D eigenvalue weighted by atomic mass is 9.92. The van der Waals surface area contributed by atoms with Gasteiger partial charge in [-0.2, -0.15) is 0 Å². The second-order valence-corrected chi connectivity index (χ2v) is 7.63. The molecule has 2 aliphatic carbocycles. The molecule has 1 aliphatic heterocycles. The molecule has 1 heterocycles. The van der Waals surface area contributed by atoms with Crippen molar-refractivity contribution >= 4 is 5.69 Å². The first-order chi connectivity index (χ1) is 10.3. The third kappa shape index (κ3) is 2.59. The van der Waals surface area contributed by atoms with E-state index in [4.69, 9.17) is 5.73 Å². The average Bonchev–Trinajstić information content (AvgIpc) is 2.91. The van der Waals surface area contributed by atoms with Crippen LogP contribution in [0, 0.1) is 5.92 Å². The molecule has 1 atom stereocenters. The predicted octanol–water partition coefficient (Wildman–Crippen LogP) is 3.96. The Labute approximate surface area is 128 Å². The molecule has 1 aromatic rings. The normalized spacial score (nSPS) is 29.0. The van der Waals surface area contributed by atoms with Crippen LogP contribution in [-0.4, -0.2) is 24.0 Å². The highest BCUT2D eigenvalue weighted by molar-refractivity contribution is 5.43. The van der Waals surface area contributed by atoms with E-state index in [-0.39, 0.29) is 0 Å². The number of anilines is 1. The van der Waals surface area contributed by atoms with E-state index in [1.54, 1.807) is 0 Å². The summed E-state index contributed by atoms with van der Waals surface area (Å²) in [6.45, 7) is 2.62. The SMILES string of the molecule is Nc1ccc(C2(CN3CCCC3C3CCCC3)CC2)cc1. The van der Waals surface area contributed by atoms with Crippen LogP contribution in [0.15, 0.2) is 24.3 Å². The maximum atomic E-state index is 5.85. The highest BCUT2D eigenvalue weighted by Gasteiger charge is 2.47. The van der Waals surface area contributed by atoms with Crippen molar-refractivity contribution in [1.29, 1.82) is 0 Å². The Balaban J connectivity index is 1.48. The third-order valence-electron chi connectivity index (χ3n) is 6.24. The van der Waals surface area contributed by atoms with Gasteiger partial charge in [0.2, 0.25) is 0 Å². The molecule has 0 radical (unpaired) electrons. The number of hydrogen-bond acceptors (Lipinski definition) is 2. The molecule has 0 bridgehead atoms. The van der Waals surface area contributed by atoms with Crippen LogP contribution in [0.1, 0.15) is 56.9 Å². The molecule has 2 heteroatoms. The summed E-state index contributed by atoms with van der Waals surface area (Å²) in [5, 5.41) is 0. The number of nitrogens with zero attached hydrogens (tertiary/aromatic N) is 1. The first-order valence-electron chi connectivity index (χ1n) is 8.87. The number of nitrogens with two attached hydrogens (primary N) is 1. The maximum Gasteiger partial charge on any atom is 0.0314 e. The van der Waals surface area contributed by atoms with E-state index >= 15 is 0 Å². The molecule has 1 saturated heterocycles. The van der Waals surface area contributed by atoms with Gasteiger partial charge in [0.1, 0.15) is 0 Å². The van der Waals surface area contributed by atoms with E-state index < -0.39 is 0 Å². The molecular formula is C19H28N2. The smallest absolute Gasteiger partial charge is 0.0314 e. The monoisotopic (exact) mass is 284 g/mol. The highest BCUT2D eigenvalue weighted by Crippen LogP contribution is 2.50. The molecule has 1 aromatic carbocycles. The minimum absolute atomic E-state index is 0.453. The molecule has 21 heavy (non-hydrogen) atoms. The van der Waals surface area contributed by atoms with Crippen LogP contribution in [0.4, 0.5) is 5.69 Å². The molecule has 3 aliphatic rings. The number of hydrogen-bond donors (Lipinski definition) is 1. The van der Waals surface area contributed by atoms with Gasteiger partial charge in [0.05, 0.1) is 0 Å². The third-order valence-corrected chi connectivity index (χ3v) is 6.24. The fourth-order valence-corrected chi connectivity index (χ4v) is 4.84. The summed E-state index contributed by atoms with van der Waals surface area (Å²) in [7, 11) is 0. The van der Waals surface area contributed by atoms with Crippen LogP contribution >= 0.6 is 0 Å². The van der Waals surface area contributed by atoms with E-state index in [2.05, 4.69) is 29.2 Å². The molecule has 3 fully saturated rings. The van der Waals surface area contributed by atoms with Crippen LogP contribution in [-0.2, 0) is 5.41 Å². The lowest BCUT2D eigenvalue weighted by molar-refractivity contribution is 0.175. The topological polar surface area (TPSA) is 29.3 Å². The van der Waals surface area contributed by atoms with Crippen molar-refractivity contribution in [2.24, 2.45) is 5.92 Å². The summed E-state index contributed by atoms with van der Waals surface area (Å²) in [6.07, 6.45) is 11.5. The van der Waals surface area contributed by atoms with Crippen molar-refractivity contribution in [2.45, 2.75) is 62.8 Å². The first-order valence-corrected chi connectivity index (χ1v) is 8.87. The highest BCUT2D eigenvalue weighted by atomic mass is 15.2. The summed E-state index contributed by atoms with van der Waals surface area (Å²) in [5.74, 6) is 0.995. The van der Waals surface area contributed by atoms with Gasteiger partial charge >= 0.3 is 0 Å². The molecule has 4 rings (SSSR count). The molecule has 2 nitrogen and oxygen atoms in total. The molecule has 0 amide bonds. The van der Waals surface area contributed by atoms with Crippen molar-refractivity contribution in [3.05, 3.63) is 29.8 Å². The zero-order valence-corrected chi connectivity index (χ0v) is 13.1. The molecule has 2 N–H and O–H groups in total. The largest absolute Gasteiger partial charge is 0.399 e. The van der Waals surface area contributed by atoms with Crippen LogP contribution in [0.25, 0.3) is 0 Å². The van der Waals surface area contributed by atoms with Crippen LogP contribution in [0.3, 0.4) is 0 Å². The predicted molar refractivity (Wildman–Crippen MR) is 88.3 cm³/mol. The molecular weight excluding hydrogens is 256 g/mol. The number of benzene rings is 1. The van der Waals surface area contributed by atoms with Gasteiger partial charge in [-0.3, -0.25) is 4.90 Å². The van der Waals surface area contributed by atoms with E-state index in [0.717, 1.165) is 17.6 Å². The number of nitrogen functional groups attached to an aromatic ring is 1. The summed E-state index contributed by atoms with van der Waals surface area (Å²) in [6, 6.07) is 9.58. The second kappa shape index (κ2) is 5.31. The van der Waals surface area contributed by atoms with Gasteiger partial charge < -0.3 is 5.73 Å². The summed E-state index contributed by atoms with van der Waals surface area (Å²) in [5.41, 5.74) is 8.71.